The number of benzene rings is 2. The molecule has 7 heteroatoms. The van der Waals surface area contributed by atoms with Crippen molar-refractivity contribution >= 4 is 22.7 Å². The van der Waals surface area contributed by atoms with E-state index in [2.05, 4.69) is 17.1 Å². The lowest BCUT2D eigenvalue weighted by atomic mass is 9.97. The second-order valence-electron chi connectivity index (χ2n) is 8.13. The zero-order valence-corrected chi connectivity index (χ0v) is 18.1. The van der Waals surface area contributed by atoms with Crippen LogP contribution in [0.2, 0.25) is 0 Å². The number of aryl methyl sites for hydroxylation is 1. The second-order valence-corrected chi connectivity index (χ2v) is 8.13. The Morgan fingerprint density at radius 1 is 1.19 bits per heavy atom. The largest absolute Gasteiger partial charge is 0.493 e. The molecule has 2 amide bonds. The van der Waals surface area contributed by atoms with Crippen LogP contribution in [0.4, 0.5) is 0 Å². The van der Waals surface area contributed by atoms with Crippen molar-refractivity contribution in [2.24, 2.45) is 5.92 Å². The zero-order chi connectivity index (χ0) is 22.5. The van der Waals surface area contributed by atoms with Crippen LogP contribution in [0, 0.1) is 12.8 Å². The Balaban J connectivity index is 1.35. The van der Waals surface area contributed by atoms with Crippen molar-refractivity contribution in [2.45, 2.75) is 26.2 Å². The zero-order valence-electron chi connectivity index (χ0n) is 18.1. The van der Waals surface area contributed by atoms with Crippen molar-refractivity contribution in [2.75, 3.05) is 19.7 Å². The first kappa shape index (κ1) is 21.8. The molecular weight excluding hydrogens is 406 g/mol. The summed E-state index contributed by atoms with van der Waals surface area (Å²) in [5, 5.41) is 9.99. The predicted molar refractivity (Wildman–Crippen MR) is 121 cm³/mol. The molecule has 1 aliphatic rings. The minimum Gasteiger partial charge on any atom is -0.493 e. The van der Waals surface area contributed by atoms with E-state index in [9.17, 15) is 9.59 Å². The summed E-state index contributed by atoms with van der Waals surface area (Å²) in [7, 11) is 0. The Labute approximate surface area is 187 Å². The van der Waals surface area contributed by atoms with E-state index < -0.39 is 5.91 Å². The number of para-hydroxylation sites is 1. The Kier molecular flexibility index (Phi) is 6.66. The summed E-state index contributed by atoms with van der Waals surface area (Å²) < 4.78 is 5.92. The van der Waals surface area contributed by atoms with Gasteiger partial charge in [-0.05, 0) is 61.7 Å². The number of hydroxylamine groups is 1. The fourth-order valence-corrected chi connectivity index (χ4v) is 4.22. The summed E-state index contributed by atoms with van der Waals surface area (Å²) in [5.74, 6) is -0.241. The highest BCUT2D eigenvalue weighted by Gasteiger charge is 2.28. The van der Waals surface area contributed by atoms with Gasteiger partial charge < -0.3 is 9.64 Å². The van der Waals surface area contributed by atoms with Crippen molar-refractivity contribution in [1.82, 2.24) is 15.4 Å². The molecule has 0 aliphatic carbocycles. The third kappa shape index (κ3) is 4.89. The lowest BCUT2D eigenvalue weighted by Gasteiger charge is -2.31. The maximum Gasteiger partial charge on any atom is 0.253 e. The molecule has 1 aromatic heterocycles. The number of fused-ring (bicyclic) bond motifs is 1. The molecule has 0 saturated carbocycles. The first-order valence-electron chi connectivity index (χ1n) is 10.9. The van der Waals surface area contributed by atoms with Crippen LogP contribution in [0.25, 0.3) is 10.9 Å². The summed E-state index contributed by atoms with van der Waals surface area (Å²) in [6, 6.07) is 17.3. The van der Waals surface area contributed by atoms with Gasteiger partial charge in [-0.25, -0.2) is 5.48 Å². The van der Waals surface area contributed by atoms with Crippen molar-refractivity contribution < 1.29 is 19.5 Å². The third-order valence-electron chi connectivity index (χ3n) is 5.86. The van der Waals surface area contributed by atoms with Crippen LogP contribution in [-0.4, -0.2) is 46.6 Å². The minimum absolute atomic E-state index is 0.120. The highest BCUT2D eigenvalue weighted by molar-refractivity contribution is 5.94. The van der Waals surface area contributed by atoms with E-state index in [0.29, 0.717) is 37.4 Å². The minimum atomic E-state index is -0.441. The van der Waals surface area contributed by atoms with Crippen LogP contribution in [0.3, 0.4) is 0 Å². The molecule has 1 unspecified atom stereocenters. The molecule has 0 spiro atoms. The average molecular weight is 434 g/mol. The quantitative estimate of drug-likeness (QED) is 0.458. The van der Waals surface area contributed by atoms with E-state index >= 15 is 0 Å². The number of ether oxygens (including phenoxy) is 1. The summed E-state index contributed by atoms with van der Waals surface area (Å²) in [6.07, 6.45) is 2.15. The van der Waals surface area contributed by atoms with Crippen molar-refractivity contribution in [3.05, 3.63) is 71.4 Å². The van der Waals surface area contributed by atoms with Gasteiger partial charge in [0.2, 0.25) is 5.91 Å². The van der Waals surface area contributed by atoms with Gasteiger partial charge in [0.05, 0.1) is 18.0 Å². The topological polar surface area (TPSA) is 91.8 Å². The maximum atomic E-state index is 12.8. The Bertz CT molecular complexity index is 1110. The van der Waals surface area contributed by atoms with Crippen LogP contribution in [0.5, 0.6) is 5.75 Å². The van der Waals surface area contributed by atoms with E-state index in [1.165, 1.54) is 5.56 Å². The molecule has 1 saturated heterocycles. The summed E-state index contributed by atoms with van der Waals surface area (Å²) >= 11 is 0. The normalized spacial score (nSPS) is 16.1. The summed E-state index contributed by atoms with van der Waals surface area (Å²) in [6.45, 7) is 3.42. The molecular formula is C25H27N3O4. The number of hydrogen-bond acceptors (Lipinski definition) is 5. The van der Waals surface area contributed by atoms with Crippen LogP contribution in [0.15, 0.2) is 54.6 Å². The van der Waals surface area contributed by atoms with E-state index in [1.54, 1.807) is 34.6 Å². The molecule has 32 heavy (non-hydrogen) atoms. The van der Waals surface area contributed by atoms with Crippen molar-refractivity contribution in [3.8, 4) is 5.75 Å². The number of aromatic nitrogens is 1. The highest BCUT2D eigenvalue weighted by Crippen LogP contribution is 2.22. The maximum absolute atomic E-state index is 12.8. The lowest BCUT2D eigenvalue weighted by molar-refractivity contribution is -0.134. The van der Waals surface area contributed by atoms with Crippen LogP contribution in [-0.2, 0) is 11.2 Å². The van der Waals surface area contributed by atoms with Crippen LogP contribution < -0.4 is 10.2 Å². The number of rotatable bonds is 6. The van der Waals surface area contributed by atoms with Crippen LogP contribution in [0.1, 0.15) is 34.5 Å². The van der Waals surface area contributed by atoms with Crippen LogP contribution >= 0.6 is 0 Å². The Morgan fingerprint density at radius 3 is 2.75 bits per heavy atom. The fraction of sp³-hybridized carbons (Fsp3) is 0.320. The Hall–Kier alpha value is -3.45. The van der Waals surface area contributed by atoms with Gasteiger partial charge in [0, 0.05) is 36.2 Å². The number of pyridine rings is 1. The number of amides is 2. The monoisotopic (exact) mass is 433 g/mol. The molecule has 1 fully saturated rings. The number of hydrogen-bond donors (Lipinski definition) is 2. The highest BCUT2D eigenvalue weighted by atomic mass is 16.5. The molecule has 7 nitrogen and oxygen atoms in total. The van der Waals surface area contributed by atoms with Gasteiger partial charge in [-0.1, -0.05) is 18.2 Å². The first-order valence-corrected chi connectivity index (χ1v) is 10.9. The standard InChI is InChI=1S/C25H27N3O4/c1-17-15-19(22-6-2-3-7-23(22)26-17)12-14-32-21-10-8-18(9-11-21)25(30)28-13-4-5-20(16-28)24(29)27-31/h2-3,6-11,15,20,31H,4-5,12-14,16H2,1H3,(H,27,29). The first-order chi connectivity index (χ1) is 15.5. The number of nitrogens with zero attached hydrogens (tertiary/aromatic N) is 2. The third-order valence-corrected chi connectivity index (χ3v) is 5.86. The molecule has 4 rings (SSSR count). The second kappa shape index (κ2) is 9.78. The van der Waals surface area contributed by atoms with Gasteiger partial charge in [0.1, 0.15) is 5.75 Å². The summed E-state index contributed by atoms with van der Waals surface area (Å²) in [4.78, 5) is 30.7. The number of carbonyl (C=O) groups is 2. The van der Waals surface area contributed by atoms with Crippen molar-refractivity contribution in [3.63, 3.8) is 0 Å². The smallest absolute Gasteiger partial charge is 0.253 e. The number of likely N-dealkylation sites (tertiary alicyclic amines) is 1. The summed E-state index contributed by atoms with van der Waals surface area (Å²) in [5.41, 5.74) is 5.41. The van der Waals surface area contributed by atoms with E-state index in [-0.39, 0.29) is 11.8 Å². The van der Waals surface area contributed by atoms with Gasteiger partial charge in [0.15, 0.2) is 0 Å². The Morgan fingerprint density at radius 2 is 1.97 bits per heavy atom. The van der Waals surface area contributed by atoms with E-state index in [1.807, 2.05) is 25.1 Å². The molecule has 2 N–H and O–H groups in total. The molecule has 2 aromatic carbocycles. The molecule has 0 radical (unpaired) electrons. The molecule has 3 aromatic rings. The van der Waals surface area contributed by atoms with Gasteiger partial charge in [-0.15, -0.1) is 0 Å². The molecule has 2 heterocycles. The van der Waals surface area contributed by atoms with Crippen molar-refractivity contribution in [1.29, 1.82) is 0 Å². The van der Waals surface area contributed by atoms with E-state index in [4.69, 9.17) is 9.94 Å². The fourth-order valence-electron chi connectivity index (χ4n) is 4.22. The molecule has 1 atom stereocenters. The van der Waals surface area contributed by atoms with Gasteiger partial charge in [0.25, 0.3) is 5.91 Å². The average Bonchev–Trinajstić information content (AvgIpc) is 2.83. The van der Waals surface area contributed by atoms with Gasteiger partial charge >= 0.3 is 0 Å². The number of piperidine rings is 1. The van der Waals surface area contributed by atoms with E-state index in [0.717, 1.165) is 29.4 Å². The predicted octanol–water partition coefficient (Wildman–Crippen LogP) is 3.52. The van der Waals surface area contributed by atoms with Gasteiger partial charge in [-0.3, -0.25) is 19.8 Å². The lowest BCUT2D eigenvalue weighted by Crippen LogP contribution is -2.44. The number of carbonyl (C=O) groups excluding carboxylic acids is 2. The molecule has 1 aliphatic heterocycles. The molecule has 0 bridgehead atoms. The van der Waals surface area contributed by atoms with Gasteiger partial charge in [-0.2, -0.15) is 0 Å². The number of nitrogens with one attached hydrogen (secondary N) is 1. The SMILES string of the molecule is Cc1cc(CCOc2ccc(C(=O)N3CCCC(C(=O)NO)C3)cc2)c2ccccc2n1. The molecule has 166 valence electrons.